The van der Waals surface area contributed by atoms with Gasteiger partial charge in [-0.2, -0.15) is 5.10 Å². The third-order valence-corrected chi connectivity index (χ3v) is 4.03. The van der Waals surface area contributed by atoms with Crippen LogP contribution in [0.5, 0.6) is 11.5 Å². The van der Waals surface area contributed by atoms with Crippen molar-refractivity contribution in [1.82, 2.24) is 9.78 Å². The fraction of sp³-hybridized carbons (Fsp3) is 0.412. The highest BCUT2D eigenvalue weighted by atomic mass is 16.5. The number of methoxy groups -OCH3 is 1. The maximum atomic E-state index is 11.2. The molecule has 7 heteroatoms. The first kappa shape index (κ1) is 16.3. The molecular formula is C17H20N2O5. The molecule has 1 N–H and O–H groups in total. The van der Waals surface area contributed by atoms with Crippen molar-refractivity contribution in [2.24, 2.45) is 7.05 Å². The van der Waals surface area contributed by atoms with Gasteiger partial charge in [0.1, 0.15) is 6.10 Å². The summed E-state index contributed by atoms with van der Waals surface area (Å²) in [5, 5.41) is 13.2. The fourth-order valence-corrected chi connectivity index (χ4v) is 2.78. The number of hydrogen-bond acceptors (Lipinski definition) is 5. The van der Waals surface area contributed by atoms with Crippen molar-refractivity contribution < 1.29 is 24.1 Å². The number of ether oxygens (including phenoxy) is 3. The van der Waals surface area contributed by atoms with Gasteiger partial charge < -0.3 is 19.3 Å². The molecule has 24 heavy (non-hydrogen) atoms. The summed E-state index contributed by atoms with van der Waals surface area (Å²) in [6, 6.07) is 7.08. The van der Waals surface area contributed by atoms with Gasteiger partial charge >= 0.3 is 5.97 Å². The van der Waals surface area contributed by atoms with Crippen molar-refractivity contribution in [2.45, 2.75) is 18.9 Å². The summed E-state index contributed by atoms with van der Waals surface area (Å²) in [4.78, 5) is 11.2. The molecule has 1 aliphatic rings. The Bertz CT molecular complexity index is 735. The Morgan fingerprint density at radius 3 is 2.75 bits per heavy atom. The number of carboxylic acids is 1. The first-order valence-electron chi connectivity index (χ1n) is 7.79. The fourth-order valence-electron chi connectivity index (χ4n) is 2.78. The van der Waals surface area contributed by atoms with E-state index in [4.69, 9.17) is 19.3 Å². The van der Waals surface area contributed by atoms with Gasteiger partial charge in [-0.05, 0) is 18.2 Å². The quantitative estimate of drug-likeness (QED) is 0.905. The summed E-state index contributed by atoms with van der Waals surface area (Å²) in [6.07, 6.45) is 1.66. The summed E-state index contributed by atoms with van der Waals surface area (Å²) in [5.74, 6) is 0.149. The SMILES string of the molecule is COc1cccc(-c2cc(C(=O)O)nn2C)c1OC1CCOCC1. The summed E-state index contributed by atoms with van der Waals surface area (Å²) in [6.45, 7) is 1.34. The maximum absolute atomic E-state index is 11.2. The van der Waals surface area contributed by atoms with E-state index >= 15 is 0 Å². The van der Waals surface area contributed by atoms with E-state index in [1.807, 2.05) is 18.2 Å². The molecule has 128 valence electrons. The van der Waals surface area contributed by atoms with Crippen LogP contribution in [0, 0.1) is 0 Å². The van der Waals surface area contributed by atoms with E-state index < -0.39 is 5.97 Å². The molecule has 1 aliphatic heterocycles. The van der Waals surface area contributed by atoms with E-state index in [2.05, 4.69) is 5.10 Å². The number of nitrogens with zero attached hydrogens (tertiary/aromatic N) is 2. The highest BCUT2D eigenvalue weighted by Gasteiger charge is 2.22. The van der Waals surface area contributed by atoms with Gasteiger partial charge in [-0.1, -0.05) is 6.07 Å². The minimum Gasteiger partial charge on any atom is -0.493 e. The van der Waals surface area contributed by atoms with Crippen LogP contribution in [-0.2, 0) is 11.8 Å². The summed E-state index contributed by atoms with van der Waals surface area (Å²) < 4.78 is 18.5. The molecule has 7 nitrogen and oxygen atoms in total. The molecule has 0 aliphatic carbocycles. The molecule has 1 aromatic carbocycles. The summed E-state index contributed by atoms with van der Waals surface area (Å²) in [7, 11) is 3.29. The molecule has 1 aromatic heterocycles. The van der Waals surface area contributed by atoms with E-state index in [1.165, 1.54) is 10.7 Å². The van der Waals surface area contributed by atoms with E-state index in [0.29, 0.717) is 30.4 Å². The van der Waals surface area contributed by atoms with Crippen LogP contribution in [0.2, 0.25) is 0 Å². The Balaban J connectivity index is 2.02. The van der Waals surface area contributed by atoms with E-state index in [9.17, 15) is 4.79 Å². The third kappa shape index (κ3) is 3.21. The van der Waals surface area contributed by atoms with Crippen LogP contribution in [0.25, 0.3) is 11.3 Å². The largest absolute Gasteiger partial charge is 0.493 e. The van der Waals surface area contributed by atoms with Gasteiger partial charge in [0.25, 0.3) is 0 Å². The second-order valence-electron chi connectivity index (χ2n) is 5.61. The molecule has 1 fully saturated rings. The Labute approximate surface area is 139 Å². The molecule has 3 rings (SSSR count). The molecule has 0 bridgehead atoms. The lowest BCUT2D eigenvalue weighted by Gasteiger charge is -2.25. The van der Waals surface area contributed by atoms with Crippen LogP contribution < -0.4 is 9.47 Å². The molecule has 0 atom stereocenters. The van der Waals surface area contributed by atoms with Crippen molar-refractivity contribution >= 4 is 5.97 Å². The topological polar surface area (TPSA) is 82.8 Å². The van der Waals surface area contributed by atoms with Crippen LogP contribution in [0.4, 0.5) is 0 Å². The number of carboxylic acid groups (broad SMARTS) is 1. The first-order valence-corrected chi connectivity index (χ1v) is 7.79. The maximum Gasteiger partial charge on any atom is 0.356 e. The average molecular weight is 332 g/mol. The third-order valence-electron chi connectivity index (χ3n) is 4.03. The number of aromatic nitrogens is 2. The number of carbonyl (C=O) groups is 1. The van der Waals surface area contributed by atoms with Gasteiger partial charge in [-0.15, -0.1) is 0 Å². The zero-order valence-electron chi connectivity index (χ0n) is 13.7. The normalized spacial score (nSPS) is 15.2. The van der Waals surface area contributed by atoms with Crippen LogP contribution >= 0.6 is 0 Å². The van der Waals surface area contributed by atoms with E-state index in [-0.39, 0.29) is 11.8 Å². The zero-order valence-corrected chi connectivity index (χ0v) is 13.7. The number of rotatable bonds is 5. The smallest absolute Gasteiger partial charge is 0.356 e. The Hall–Kier alpha value is -2.54. The van der Waals surface area contributed by atoms with Gasteiger partial charge in [0.15, 0.2) is 17.2 Å². The van der Waals surface area contributed by atoms with Crippen LogP contribution in [0.1, 0.15) is 23.3 Å². The first-order chi connectivity index (χ1) is 11.6. The van der Waals surface area contributed by atoms with Crippen LogP contribution in [0.15, 0.2) is 24.3 Å². The molecular weight excluding hydrogens is 312 g/mol. The van der Waals surface area contributed by atoms with Gasteiger partial charge in [0.2, 0.25) is 0 Å². The van der Waals surface area contributed by atoms with E-state index in [1.54, 1.807) is 14.2 Å². The van der Waals surface area contributed by atoms with Gasteiger partial charge in [0, 0.05) is 25.5 Å². The Morgan fingerprint density at radius 1 is 1.38 bits per heavy atom. The lowest BCUT2D eigenvalue weighted by molar-refractivity contribution is 0.0248. The van der Waals surface area contributed by atoms with Crippen molar-refractivity contribution in [3.63, 3.8) is 0 Å². The lowest BCUT2D eigenvalue weighted by atomic mass is 10.1. The molecule has 0 unspecified atom stereocenters. The van der Waals surface area contributed by atoms with Gasteiger partial charge in [0.05, 0.1) is 26.0 Å². The lowest BCUT2D eigenvalue weighted by Crippen LogP contribution is -2.26. The van der Waals surface area contributed by atoms with Crippen molar-refractivity contribution in [3.05, 3.63) is 30.0 Å². The van der Waals surface area contributed by atoms with Gasteiger partial charge in [-0.25, -0.2) is 4.79 Å². The summed E-state index contributed by atoms with van der Waals surface area (Å²) >= 11 is 0. The highest BCUT2D eigenvalue weighted by molar-refractivity contribution is 5.87. The molecule has 0 amide bonds. The number of hydrogen-bond donors (Lipinski definition) is 1. The highest BCUT2D eigenvalue weighted by Crippen LogP contribution is 2.39. The molecule has 0 saturated carbocycles. The van der Waals surface area contributed by atoms with Crippen molar-refractivity contribution in [3.8, 4) is 22.8 Å². The Kier molecular flexibility index (Phi) is 4.71. The monoisotopic (exact) mass is 332 g/mol. The van der Waals surface area contributed by atoms with Crippen LogP contribution in [-0.4, -0.2) is 47.3 Å². The molecule has 0 radical (unpaired) electrons. The predicted molar refractivity (Wildman–Crippen MR) is 86.6 cm³/mol. The molecule has 2 aromatic rings. The zero-order chi connectivity index (χ0) is 17.1. The number of aryl methyl sites for hydroxylation is 1. The second-order valence-corrected chi connectivity index (χ2v) is 5.61. The molecule has 2 heterocycles. The van der Waals surface area contributed by atoms with Crippen molar-refractivity contribution in [1.29, 1.82) is 0 Å². The summed E-state index contributed by atoms with van der Waals surface area (Å²) in [5.41, 5.74) is 1.41. The minimum atomic E-state index is -1.06. The molecule has 0 spiro atoms. The Morgan fingerprint density at radius 2 is 2.12 bits per heavy atom. The van der Waals surface area contributed by atoms with Crippen molar-refractivity contribution in [2.75, 3.05) is 20.3 Å². The number of para-hydroxylation sites is 1. The minimum absolute atomic E-state index is 0.00710. The molecule has 1 saturated heterocycles. The van der Waals surface area contributed by atoms with E-state index in [0.717, 1.165) is 18.4 Å². The second kappa shape index (κ2) is 6.92. The number of benzene rings is 1. The standard InChI is InChI=1S/C17H20N2O5/c1-19-14(10-13(18-19)17(20)21)12-4-3-5-15(22-2)16(12)24-11-6-8-23-9-7-11/h3-5,10-11H,6-9H2,1-2H3,(H,20,21). The predicted octanol–water partition coefficient (Wildman–Crippen LogP) is 2.35. The van der Waals surface area contributed by atoms with Crippen LogP contribution in [0.3, 0.4) is 0 Å². The average Bonchev–Trinajstić information content (AvgIpc) is 2.98. The van der Waals surface area contributed by atoms with Gasteiger partial charge in [-0.3, -0.25) is 4.68 Å². The number of aromatic carboxylic acids is 1.